The molecule has 0 aliphatic heterocycles. The third-order valence-electron chi connectivity index (χ3n) is 5.46. The number of rotatable bonds is 9. The molecule has 0 unspecified atom stereocenters. The number of carbonyl (C=O) groups is 1. The minimum Gasteiger partial charge on any atom is -0.394 e. The second-order valence-electron chi connectivity index (χ2n) is 8.56. The molecule has 36 heavy (non-hydrogen) atoms. The predicted molar refractivity (Wildman–Crippen MR) is 140 cm³/mol. The van der Waals surface area contributed by atoms with E-state index in [0.717, 1.165) is 11.1 Å². The fraction of sp³-hybridized carbons (Fsp3) is 0.179. The number of benzene rings is 3. The summed E-state index contributed by atoms with van der Waals surface area (Å²) in [6.45, 7) is 3.52. The van der Waals surface area contributed by atoms with Crippen LogP contribution < -0.4 is 16.0 Å². The Hall–Kier alpha value is -4.30. The van der Waals surface area contributed by atoms with Crippen molar-refractivity contribution in [2.45, 2.75) is 25.9 Å². The third-order valence-corrected chi connectivity index (χ3v) is 5.46. The maximum Gasteiger partial charge on any atom is 0.256 e. The van der Waals surface area contributed by atoms with E-state index < -0.39 is 6.04 Å². The molecule has 0 saturated carbocycles. The van der Waals surface area contributed by atoms with E-state index in [4.69, 9.17) is 0 Å². The van der Waals surface area contributed by atoms with Crippen LogP contribution in [0.4, 0.5) is 21.8 Å². The summed E-state index contributed by atoms with van der Waals surface area (Å²) in [6, 6.07) is 22.7. The normalized spacial score (nSPS) is 11.7. The van der Waals surface area contributed by atoms with Crippen molar-refractivity contribution in [1.82, 2.24) is 15.3 Å². The molecule has 7 nitrogen and oxygen atoms in total. The zero-order valence-corrected chi connectivity index (χ0v) is 20.1. The van der Waals surface area contributed by atoms with Crippen LogP contribution in [-0.2, 0) is 0 Å². The van der Waals surface area contributed by atoms with Gasteiger partial charge in [0.25, 0.3) is 5.91 Å². The average Bonchev–Trinajstić information content (AvgIpc) is 2.89. The number of carbonyl (C=O) groups excluding carboxylic acids is 1. The number of nitrogens with zero attached hydrogens (tertiary/aromatic N) is 2. The van der Waals surface area contributed by atoms with Crippen molar-refractivity contribution in [2.24, 2.45) is 0 Å². The van der Waals surface area contributed by atoms with Crippen molar-refractivity contribution in [3.05, 3.63) is 102 Å². The molecule has 1 aromatic heterocycles. The molecule has 0 aliphatic carbocycles. The van der Waals surface area contributed by atoms with Crippen molar-refractivity contribution in [3.63, 3.8) is 0 Å². The Balaban J connectivity index is 1.66. The maximum absolute atomic E-state index is 14.5. The van der Waals surface area contributed by atoms with E-state index in [2.05, 4.69) is 25.9 Å². The zero-order chi connectivity index (χ0) is 25.5. The quantitative estimate of drug-likeness (QED) is 0.256. The van der Waals surface area contributed by atoms with Gasteiger partial charge in [0, 0.05) is 23.5 Å². The molecule has 0 saturated heterocycles. The summed E-state index contributed by atoms with van der Waals surface area (Å²) < 4.78 is 14.5. The first-order valence-corrected chi connectivity index (χ1v) is 11.7. The van der Waals surface area contributed by atoms with E-state index in [1.165, 1.54) is 12.3 Å². The lowest BCUT2D eigenvalue weighted by Gasteiger charge is -2.20. The standard InChI is InChI=1S/C28H28FN5O2/c1-18(2)31-27(36)23-16-30-28(34-26(23)33-25(17-35)20-11-7-4-8-12-20)32-21-13-14-24(29)22(15-21)19-9-5-3-6-10-19/h3-16,18,25,35H,17H2,1-2H3,(H,31,36)(H2,30,32,33,34)/t25-/m1/s1. The van der Waals surface area contributed by atoms with E-state index in [1.54, 1.807) is 12.1 Å². The highest BCUT2D eigenvalue weighted by molar-refractivity contribution is 5.98. The molecule has 1 amide bonds. The molecule has 0 radical (unpaired) electrons. The molecule has 0 aliphatic rings. The number of hydrogen-bond acceptors (Lipinski definition) is 6. The van der Waals surface area contributed by atoms with Crippen LogP contribution in [0.25, 0.3) is 11.1 Å². The van der Waals surface area contributed by atoms with Gasteiger partial charge in [0.05, 0.1) is 12.6 Å². The first-order chi connectivity index (χ1) is 17.4. The van der Waals surface area contributed by atoms with Crippen LogP contribution in [-0.4, -0.2) is 33.6 Å². The second kappa shape index (κ2) is 11.4. The second-order valence-corrected chi connectivity index (χ2v) is 8.56. The number of aromatic nitrogens is 2. The molecule has 4 aromatic rings. The summed E-state index contributed by atoms with van der Waals surface area (Å²) >= 11 is 0. The topological polar surface area (TPSA) is 99.2 Å². The number of amides is 1. The molecule has 184 valence electrons. The molecule has 1 atom stereocenters. The van der Waals surface area contributed by atoms with Gasteiger partial charge in [-0.3, -0.25) is 4.79 Å². The number of anilines is 3. The van der Waals surface area contributed by atoms with Crippen molar-refractivity contribution in [3.8, 4) is 11.1 Å². The Morgan fingerprint density at radius 1 is 1.00 bits per heavy atom. The van der Waals surface area contributed by atoms with Crippen LogP contribution in [0, 0.1) is 5.82 Å². The van der Waals surface area contributed by atoms with Crippen LogP contribution in [0.5, 0.6) is 0 Å². The number of nitrogens with one attached hydrogen (secondary N) is 3. The molecule has 4 rings (SSSR count). The lowest BCUT2D eigenvalue weighted by Crippen LogP contribution is -2.31. The SMILES string of the molecule is CC(C)NC(=O)c1cnc(Nc2ccc(F)c(-c3ccccc3)c2)nc1N[C@H](CO)c1ccccc1. The van der Waals surface area contributed by atoms with Gasteiger partial charge in [0.1, 0.15) is 17.2 Å². The summed E-state index contributed by atoms with van der Waals surface area (Å²) in [4.78, 5) is 21.7. The molecule has 0 bridgehead atoms. The number of halogens is 1. The highest BCUT2D eigenvalue weighted by atomic mass is 19.1. The maximum atomic E-state index is 14.5. The van der Waals surface area contributed by atoms with Gasteiger partial charge in [0.2, 0.25) is 5.95 Å². The largest absolute Gasteiger partial charge is 0.394 e. The Labute approximate surface area is 209 Å². The summed E-state index contributed by atoms with van der Waals surface area (Å²) in [5.41, 5.74) is 2.86. The zero-order valence-electron chi connectivity index (χ0n) is 20.1. The smallest absolute Gasteiger partial charge is 0.256 e. The van der Waals surface area contributed by atoms with Crippen LogP contribution in [0.1, 0.15) is 35.8 Å². The number of aliphatic hydroxyl groups excluding tert-OH is 1. The van der Waals surface area contributed by atoms with Gasteiger partial charge in [-0.15, -0.1) is 0 Å². The minimum atomic E-state index is -0.491. The van der Waals surface area contributed by atoms with Crippen LogP contribution in [0.3, 0.4) is 0 Å². The molecule has 0 spiro atoms. The van der Waals surface area contributed by atoms with Crippen LogP contribution in [0.15, 0.2) is 85.1 Å². The van der Waals surface area contributed by atoms with Gasteiger partial charge in [-0.1, -0.05) is 60.7 Å². The van der Waals surface area contributed by atoms with Gasteiger partial charge in [0.15, 0.2) is 0 Å². The van der Waals surface area contributed by atoms with E-state index in [-0.39, 0.29) is 41.7 Å². The molecule has 0 fully saturated rings. The Morgan fingerprint density at radius 2 is 1.69 bits per heavy atom. The Morgan fingerprint density at radius 3 is 2.36 bits per heavy atom. The average molecular weight is 486 g/mol. The highest BCUT2D eigenvalue weighted by Crippen LogP contribution is 2.28. The van der Waals surface area contributed by atoms with Gasteiger partial charge in [-0.05, 0) is 43.2 Å². The van der Waals surface area contributed by atoms with Crippen molar-refractivity contribution in [1.29, 1.82) is 0 Å². The Bertz CT molecular complexity index is 1320. The first-order valence-electron chi connectivity index (χ1n) is 11.7. The number of hydrogen-bond donors (Lipinski definition) is 4. The first kappa shape index (κ1) is 24.8. The number of aliphatic hydroxyl groups is 1. The van der Waals surface area contributed by atoms with Gasteiger partial charge >= 0.3 is 0 Å². The summed E-state index contributed by atoms with van der Waals surface area (Å²) in [6.07, 6.45) is 1.43. The molecular weight excluding hydrogens is 457 g/mol. The van der Waals surface area contributed by atoms with Crippen LogP contribution in [0.2, 0.25) is 0 Å². The fourth-order valence-corrected chi connectivity index (χ4v) is 3.71. The van der Waals surface area contributed by atoms with E-state index in [9.17, 15) is 14.3 Å². The van der Waals surface area contributed by atoms with Crippen molar-refractivity contribution < 1.29 is 14.3 Å². The van der Waals surface area contributed by atoms with E-state index in [1.807, 2.05) is 74.5 Å². The van der Waals surface area contributed by atoms with Gasteiger partial charge < -0.3 is 21.1 Å². The lowest BCUT2D eigenvalue weighted by atomic mass is 10.0. The summed E-state index contributed by atoms with van der Waals surface area (Å²) in [5.74, 6) is -0.200. The molecule has 3 aromatic carbocycles. The summed E-state index contributed by atoms with van der Waals surface area (Å²) in [7, 11) is 0. The lowest BCUT2D eigenvalue weighted by molar-refractivity contribution is 0.0943. The molecular formula is C28H28FN5O2. The van der Waals surface area contributed by atoms with Gasteiger partial charge in [-0.2, -0.15) is 4.98 Å². The highest BCUT2D eigenvalue weighted by Gasteiger charge is 2.20. The third kappa shape index (κ3) is 6.03. The monoisotopic (exact) mass is 485 g/mol. The molecule has 1 heterocycles. The predicted octanol–water partition coefficient (Wildman–Crippen LogP) is 5.31. The molecule has 4 N–H and O–H groups in total. The van der Waals surface area contributed by atoms with E-state index in [0.29, 0.717) is 11.3 Å². The van der Waals surface area contributed by atoms with E-state index >= 15 is 0 Å². The van der Waals surface area contributed by atoms with Crippen molar-refractivity contribution in [2.75, 3.05) is 17.2 Å². The summed E-state index contributed by atoms with van der Waals surface area (Å²) in [5, 5.41) is 19.2. The van der Waals surface area contributed by atoms with Gasteiger partial charge in [-0.25, -0.2) is 9.37 Å². The minimum absolute atomic E-state index is 0.0819. The Kier molecular flexibility index (Phi) is 7.87. The van der Waals surface area contributed by atoms with Crippen molar-refractivity contribution >= 4 is 23.4 Å². The molecule has 8 heteroatoms. The fourth-order valence-electron chi connectivity index (χ4n) is 3.71. The van der Waals surface area contributed by atoms with Crippen LogP contribution >= 0.6 is 0 Å².